The molecule has 0 radical (unpaired) electrons. The predicted molar refractivity (Wildman–Crippen MR) is 142 cm³/mol. The molecule has 0 aliphatic heterocycles. The average Bonchev–Trinajstić information content (AvgIpc) is 3.26. The van der Waals surface area contributed by atoms with Gasteiger partial charge in [0.25, 0.3) is 0 Å². The number of fused-ring (bicyclic) bond motifs is 1. The Labute approximate surface area is 221 Å². The lowest BCUT2D eigenvalue weighted by atomic mass is 9.96. The van der Waals surface area contributed by atoms with E-state index in [-0.39, 0.29) is 12.3 Å². The fourth-order valence-corrected chi connectivity index (χ4v) is 4.03. The summed E-state index contributed by atoms with van der Waals surface area (Å²) in [7, 11) is 0. The minimum Gasteiger partial charge on any atom is -0.480 e. The van der Waals surface area contributed by atoms with Crippen LogP contribution in [0.3, 0.4) is 0 Å². The molecule has 5 unspecified atom stereocenters. The summed E-state index contributed by atoms with van der Waals surface area (Å²) in [5, 5.41) is 17.8. The van der Waals surface area contributed by atoms with Crippen molar-refractivity contribution in [2.45, 2.75) is 71.1 Å². The number of carbonyl (C=O) groups is 5. The Bertz CT molecular complexity index is 1160. The van der Waals surface area contributed by atoms with Crippen LogP contribution < -0.4 is 27.4 Å². The van der Waals surface area contributed by atoms with E-state index < -0.39 is 66.1 Å². The van der Waals surface area contributed by atoms with Gasteiger partial charge in [0.15, 0.2) is 0 Å². The van der Waals surface area contributed by atoms with Crippen molar-refractivity contribution in [3.05, 3.63) is 36.0 Å². The van der Waals surface area contributed by atoms with Gasteiger partial charge in [-0.15, -0.1) is 0 Å². The van der Waals surface area contributed by atoms with Crippen LogP contribution in [0.5, 0.6) is 0 Å². The summed E-state index contributed by atoms with van der Waals surface area (Å²) in [5.74, 6) is -4.99. The van der Waals surface area contributed by atoms with E-state index in [1.54, 1.807) is 33.9 Å². The molecule has 9 N–H and O–H groups in total. The van der Waals surface area contributed by atoms with Crippen LogP contribution in [0, 0.1) is 11.8 Å². The number of carboxylic acids is 1. The highest BCUT2D eigenvalue weighted by Crippen LogP contribution is 2.19. The van der Waals surface area contributed by atoms with Crippen LogP contribution in [0.15, 0.2) is 30.5 Å². The molecule has 0 saturated carbocycles. The van der Waals surface area contributed by atoms with Gasteiger partial charge in [0, 0.05) is 17.1 Å². The van der Waals surface area contributed by atoms with Crippen LogP contribution >= 0.6 is 0 Å². The molecule has 1 aromatic carbocycles. The molecule has 12 heteroatoms. The van der Waals surface area contributed by atoms with Crippen LogP contribution in [0.25, 0.3) is 10.9 Å². The molecule has 4 amide bonds. The van der Waals surface area contributed by atoms with Gasteiger partial charge in [0.2, 0.25) is 23.6 Å². The molecule has 0 aliphatic carbocycles. The number of nitrogens with two attached hydrogens (primary N) is 2. The molecule has 0 fully saturated rings. The van der Waals surface area contributed by atoms with E-state index in [0.717, 1.165) is 16.5 Å². The molecule has 0 aliphatic rings. The molecule has 0 spiro atoms. The monoisotopic (exact) mass is 530 g/mol. The Kier molecular flexibility index (Phi) is 10.8. The zero-order chi connectivity index (χ0) is 28.6. The van der Waals surface area contributed by atoms with Crippen molar-refractivity contribution < 1.29 is 29.1 Å². The predicted octanol–water partition coefficient (Wildman–Crippen LogP) is 0.154. The summed E-state index contributed by atoms with van der Waals surface area (Å²) >= 11 is 0. The number of aromatic amines is 1. The highest BCUT2D eigenvalue weighted by Gasteiger charge is 2.34. The van der Waals surface area contributed by atoms with Crippen molar-refractivity contribution in [3.8, 4) is 0 Å². The SMILES string of the molecule is CCC(C)C(NC(=O)C(CC(N)=O)NC(=O)C(N)Cc1c[nH]c2ccccc12)C(=O)NC(C(=O)O)C(C)C. The van der Waals surface area contributed by atoms with Gasteiger partial charge in [-0.25, -0.2) is 4.79 Å². The first kappa shape index (κ1) is 30.3. The van der Waals surface area contributed by atoms with Crippen LogP contribution in [0.1, 0.15) is 46.1 Å². The number of para-hydroxylation sites is 1. The van der Waals surface area contributed by atoms with Crippen molar-refractivity contribution in [2.75, 3.05) is 0 Å². The van der Waals surface area contributed by atoms with Gasteiger partial charge < -0.3 is 37.5 Å². The fraction of sp³-hybridized carbons (Fsp3) is 0.500. The third-order valence-electron chi connectivity index (χ3n) is 6.51. The number of amides is 4. The molecule has 1 aromatic heterocycles. The number of aromatic nitrogens is 1. The molecule has 1 heterocycles. The van der Waals surface area contributed by atoms with E-state index in [1.807, 2.05) is 24.3 Å². The number of H-pyrrole nitrogens is 1. The number of rotatable bonds is 14. The summed E-state index contributed by atoms with van der Waals surface area (Å²) < 4.78 is 0. The van der Waals surface area contributed by atoms with E-state index in [9.17, 15) is 29.1 Å². The number of benzene rings is 1. The van der Waals surface area contributed by atoms with Crippen LogP contribution in [-0.4, -0.2) is 63.9 Å². The average molecular weight is 531 g/mol. The van der Waals surface area contributed by atoms with Gasteiger partial charge in [-0.1, -0.05) is 52.3 Å². The van der Waals surface area contributed by atoms with Gasteiger partial charge in [-0.3, -0.25) is 19.2 Å². The molecular weight excluding hydrogens is 492 g/mol. The maximum absolute atomic E-state index is 13.1. The molecular formula is C26H38N6O6. The van der Waals surface area contributed by atoms with Gasteiger partial charge >= 0.3 is 5.97 Å². The molecule has 208 valence electrons. The second-order valence-electron chi connectivity index (χ2n) is 9.84. The largest absolute Gasteiger partial charge is 0.480 e. The minimum absolute atomic E-state index is 0.171. The van der Waals surface area contributed by atoms with Crippen molar-refractivity contribution >= 4 is 40.5 Å². The number of primary amides is 1. The Morgan fingerprint density at radius 2 is 1.58 bits per heavy atom. The summed E-state index contributed by atoms with van der Waals surface area (Å²) in [6.07, 6.45) is 1.89. The summed E-state index contributed by atoms with van der Waals surface area (Å²) in [5.41, 5.74) is 13.1. The Morgan fingerprint density at radius 1 is 0.947 bits per heavy atom. The lowest BCUT2D eigenvalue weighted by Crippen LogP contribution is -2.59. The van der Waals surface area contributed by atoms with E-state index >= 15 is 0 Å². The number of carbonyl (C=O) groups excluding carboxylic acids is 4. The van der Waals surface area contributed by atoms with Gasteiger partial charge in [0.05, 0.1) is 12.5 Å². The number of nitrogens with one attached hydrogen (secondary N) is 4. The van der Waals surface area contributed by atoms with Crippen molar-refractivity contribution in [1.29, 1.82) is 0 Å². The number of hydrogen-bond donors (Lipinski definition) is 7. The molecule has 2 rings (SSSR count). The highest BCUT2D eigenvalue weighted by molar-refractivity contribution is 5.96. The van der Waals surface area contributed by atoms with Crippen LogP contribution in [-0.2, 0) is 30.4 Å². The second-order valence-corrected chi connectivity index (χ2v) is 9.84. The van der Waals surface area contributed by atoms with E-state index in [1.165, 1.54) is 0 Å². The van der Waals surface area contributed by atoms with Gasteiger partial charge in [-0.05, 0) is 29.9 Å². The Hall–Kier alpha value is -3.93. The maximum atomic E-state index is 13.1. The molecule has 2 aromatic rings. The van der Waals surface area contributed by atoms with Crippen LogP contribution in [0.2, 0.25) is 0 Å². The topological polar surface area (TPSA) is 209 Å². The lowest BCUT2D eigenvalue weighted by Gasteiger charge is -2.28. The third kappa shape index (κ3) is 8.04. The summed E-state index contributed by atoms with van der Waals surface area (Å²) in [6, 6.07) is 2.84. The lowest BCUT2D eigenvalue weighted by molar-refractivity contribution is -0.144. The molecule has 0 saturated heterocycles. The number of aliphatic carboxylic acids is 1. The molecule has 5 atom stereocenters. The van der Waals surface area contributed by atoms with E-state index in [4.69, 9.17) is 11.5 Å². The van der Waals surface area contributed by atoms with Crippen molar-refractivity contribution in [3.63, 3.8) is 0 Å². The zero-order valence-electron chi connectivity index (χ0n) is 22.1. The molecule has 0 bridgehead atoms. The first-order valence-electron chi connectivity index (χ1n) is 12.6. The third-order valence-corrected chi connectivity index (χ3v) is 6.51. The van der Waals surface area contributed by atoms with Crippen LogP contribution in [0.4, 0.5) is 0 Å². The minimum atomic E-state index is -1.38. The maximum Gasteiger partial charge on any atom is 0.326 e. The Balaban J connectivity index is 2.16. The van der Waals surface area contributed by atoms with E-state index in [0.29, 0.717) is 6.42 Å². The number of hydrogen-bond acceptors (Lipinski definition) is 6. The van der Waals surface area contributed by atoms with Crippen molar-refractivity contribution in [2.24, 2.45) is 23.3 Å². The summed E-state index contributed by atoms with van der Waals surface area (Å²) in [6.45, 7) is 6.82. The second kappa shape index (κ2) is 13.6. The smallest absolute Gasteiger partial charge is 0.326 e. The molecule has 12 nitrogen and oxygen atoms in total. The fourth-order valence-electron chi connectivity index (χ4n) is 4.03. The quantitative estimate of drug-likeness (QED) is 0.180. The standard InChI is InChI=1S/C26H38N6O6/c1-5-14(4)22(25(36)31-21(13(2)3)26(37)38)32-24(35)19(11-20(28)33)30-23(34)17(27)10-15-12-29-18-9-7-6-8-16(15)18/h6-9,12-14,17,19,21-22,29H,5,10-11,27H2,1-4H3,(H2,28,33)(H,30,34)(H,31,36)(H,32,35)(H,37,38). The van der Waals surface area contributed by atoms with Crippen molar-refractivity contribution in [1.82, 2.24) is 20.9 Å². The Morgan fingerprint density at radius 3 is 2.16 bits per heavy atom. The highest BCUT2D eigenvalue weighted by atomic mass is 16.4. The normalized spacial score (nSPS) is 15.2. The number of carboxylic acid groups (broad SMARTS) is 1. The molecule has 38 heavy (non-hydrogen) atoms. The summed E-state index contributed by atoms with van der Waals surface area (Å²) in [4.78, 5) is 65.3. The first-order valence-corrected chi connectivity index (χ1v) is 12.6. The van der Waals surface area contributed by atoms with E-state index in [2.05, 4.69) is 20.9 Å². The van der Waals surface area contributed by atoms with Gasteiger partial charge in [-0.2, -0.15) is 0 Å². The van der Waals surface area contributed by atoms with Gasteiger partial charge in [0.1, 0.15) is 18.1 Å². The first-order chi connectivity index (χ1) is 17.8. The zero-order valence-corrected chi connectivity index (χ0v) is 22.1.